The zero-order valence-corrected chi connectivity index (χ0v) is 7.59. The van der Waals surface area contributed by atoms with E-state index >= 15 is 0 Å². The first-order chi connectivity index (χ1) is 5.43. The van der Waals surface area contributed by atoms with Gasteiger partial charge in [-0.05, 0) is 12.3 Å². The number of carbonyl (C=O) groups is 2. The lowest BCUT2D eigenvalue weighted by molar-refractivity contribution is -0.147. The molecule has 1 amide bonds. The van der Waals surface area contributed by atoms with E-state index in [1.165, 1.54) is 6.92 Å². The van der Waals surface area contributed by atoms with Gasteiger partial charge in [-0.1, -0.05) is 13.8 Å². The van der Waals surface area contributed by atoms with Crippen LogP contribution in [0.25, 0.3) is 0 Å². The van der Waals surface area contributed by atoms with Gasteiger partial charge in [-0.15, -0.1) is 0 Å². The van der Waals surface area contributed by atoms with Crippen LogP contribution >= 0.6 is 0 Å². The zero-order valence-electron chi connectivity index (χ0n) is 7.59. The summed E-state index contributed by atoms with van der Waals surface area (Å²) in [5, 5.41) is 12.8. The quantitative estimate of drug-likeness (QED) is 0.670. The predicted octanol–water partition coefficient (Wildman–Crippen LogP) is 0.494. The highest BCUT2D eigenvalue weighted by atomic mass is 16.4. The molecule has 0 fully saturated rings. The number of hydrogen-bond donors (Lipinski definition) is 1. The third-order valence-electron chi connectivity index (χ3n) is 1.37. The van der Waals surface area contributed by atoms with Crippen LogP contribution in [0.2, 0.25) is 0 Å². The minimum Gasteiger partial charge on any atom is -0.343 e. The van der Waals surface area contributed by atoms with E-state index in [1.54, 1.807) is 0 Å². The molecule has 1 radical (unpaired) electrons. The van der Waals surface area contributed by atoms with Gasteiger partial charge in [0.2, 0.25) is 5.91 Å². The molecule has 0 saturated heterocycles. The Morgan fingerprint density at radius 1 is 1.33 bits per heavy atom. The Balaban J connectivity index is 4.04. The number of carbonyl (C=O) groups excluding carboxylic acids is 2. The second-order valence-electron chi connectivity index (χ2n) is 3.20. The van der Waals surface area contributed by atoms with Gasteiger partial charge in [-0.2, -0.15) is 0 Å². The summed E-state index contributed by atoms with van der Waals surface area (Å²) in [6.07, 6.45) is 0.405. The number of rotatable bonds is 4. The first-order valence-corrected chi connectivity index (χ1v) is 3.91. The molecule has 69 valence electrons. The molecule has 0 aromatic rings. The van der Waals surface area contributed by atoms with Crippen LogP contribution in [-0.4, -0.2) is 17.9 Å². The van der Waals surface area contributed by atoms with Crippen LogP contribution in [0.5, 0.6) is 0 Å². The fourth-order valence-electron chi connectivity index (χ4n) is 0.931. The van der Waals surface area contributed by atoms with Gasteiger partial charge in [0.05, 0.1) is 0 Å². The third kappa shape index (κ3) is 4.71. The number of hydrogen-bond acceptors (Lipinski definition) is 2. The molecule has 0 aliphatic carbocycles. The SMILES string of the molecule is CC(=O)N[C@H](CC(C)C)C([O])=O. The van der Waals surface area contributed by atoms with Crippen molar-refractivity contribution in [3.05, 3.63) is 0 Å². The number of amides is 1. The molecule has 4 nitrogen and oxygen atoms in total. The Morgan fingerprint density at radius 2 is 1.83 bits per heavy atom. The van der Waals surface area contributed by atoms with E-state index in [4.69, 9.17) is 0 Å². The maximum Gasteiger partial charge on any atom is 0.377 e. The highest BCUT2D eigenvalue weighted by Gasteiger charge is 2.20. The summed E-state index contributed by atoms with van der Waals surface area (Å²) >= 11 is 0. The minimum atomic E-state index is -1.22. The van der Waals surface area contributed by atoms with Crippen LogP contribution in [-0.2, 0) is 14.7 Å². The first-order valence-electron chi connectivity index (χ1n) is 3.91. The summed E-state index contributed by atoms with van der Waals surface area (Å²) in [4.78, 5) is 21.0. The second kappa shape index (κ2) is 4.74. The van der Waals surface area contributed by atoms with Crippen molar-refractivity contribution < 1.29 is 14.7 Å². The molecule has 0 aliphatic heterocycles. The van der Waals surface area contributed by atoms with E-state index in [2.05, 4.69) is 5.32 Å². The summed E-state index contributed by atoms with van der Waals surface area (Å²) in [7, 11) is 0. The van der Waals surface area contributed by atoms with Gasteiger partial charge in [0.15, 0.2) is 0 Å². The molecule has 0 aromatic carbocycles. The molecule has 1 N–H and O–H groups in total. The van der Waals surface area contributed by atoms with Gasteiger partial charge >= 0.3 is 5.97 Å². The minimum absolute atomic E-state index is 0.222. The Hall–Kier alpha value is -1.06. The van der Waals surface area contributed by atoms with E-state index in [0.29, 0.717) is 6.42 Å². The molecule has 0 bridgehead atoms. The fraction of sp³-hybridized carbons (Fsp3) is 0.750. The summed E-state index contributed by atoms with van der Waals surface area (Å²) < 4.78 is 0. The fourth-order valence-corrected chi connectivity index (χ4v) is 0.931. The molecule has 12 heavy (non-hydrogen) atoms. The third-order valence-corrected chi connectivity index (χ3v) is 1.37. The summed E-state index contributed by atoms with van der Waals surface area (Å²) in [6, 6.07) is -0.859. The molecule has 0 aliphatic rings. The topological polar surface area (TPSA) is 66.1 Å². The largest absolute Gasteiger partial charge is 0.377 e. The van der Waals surface area contributed by atoms with Gasteiger partial charge in [0.25, 0.3) is 0 Å². The van der Waals surface area contributed by atoms with Crippen molar-refractivity contribution in [2.24, 2.45) is 5.92 Å². The van der Waals surface area contributed by atoms with Crippen LogP contribution in [0.3, 0.4) is 0 Å². The molecular weight excluding hydrogens is 158 g/mol. The lowest BCUT2D eigenvalue weighted by Crippen LogP contribution is -2.39. The Labute approximate surface area is 72.0 Å². The zero-order chi connectivity index (χ0) is 9.72. The van der Waals surface area contributed by atoms with E-state index in [0.717, 1.165) is 0 Å². The first kappa shape index (κ1) is 10.9. The molecule has 4 heteroatoms. The van der Waals surface area contributed by atoms with Crippen molar-refractivity contribution in [1.29, 1.82) is 0 Å². The monoisotopic (exact) mass is 172 g/mol. The lowest BCUT2D eigenvalue weighted by Gasteiger charge is -2.13. The van der Waals surface area contributed by atoms with Crippen molar-refractivity contribution in [3.8, 4) is 0 Å². The molecule has 0 unspecified atom stereocenters. The highest BCUT2D eigenvalue weighted by molar-refractivity contribution is 5.81. The van der Waals surface area contributed by atoms with E-state index in [-0.39, 0.29) is 11.8 Å². The van der Waals surface area contributed by atoms with Gasteiger partial charge in [-0.25, -0.2) is 9.90 Å². The van der Waals surface area contributed by atoms with Crippen molar-refractivity contribution in [2.45, 2.75) is 33.2 Å². The average Bonchev–Trinajstić information content (AvgIpc) is 1.83. The summed E-state index contributed by atoms with van der Waals surface area (Å²) in [5.74, 6) is -1.34. The second-order valence-corrected chi connectivity index (χ2v) is 3.20. The van der Waals surface area contributed by atoms with E-state index < -0.39 is 12.0 Å². The normalized spacial score (nSPS) is 12.7. The van der Waals surface area contributed by atoms with Gasteiger partial charge in [0.1, 0.15) is 6.04 Å². The Morgan fingerprint density at radius 3 is 2.08 bits per heavy atom. The molecule has 0 rings (SSSR count). The van der Waals surface area contributed by atoms with Crippen molar-refractivity contribution in [3.63, 3.8) is 0 Å². The van der Waals surface area contributed by atoms with Crippen LogP contribution in [0.4, 0.5) is 0 Å². The van der Waals surface area contributed by atoms with Crippen LogP contribution in [0.15, 0.2) is 0 Å². The average molecular weight is 172 g/mol. The molecule has 0 spiro atoms. The van der Waals surface area contributed by atoms with Crippen LogP contribution < -0.4 is 5.32 Å². The summed E-state index contributed by atoms with van der Waals surface area (Å²) in [5.41, 5.74) is 0. The molecule has 0 heterocycles. The predicted molar refractivity (Wildman–Crippen MR) is 42.8 cm³/mol. The van der Waals surface area contributed by atoms with Gasteiger partial charge in [-0.3, -0.25) is 4.79 Å². The van der Waals surface area contributed by atoms with Crippen LogP contribution in [0, 0.1) is 5.92 Å². The lowest BCUT2D eigenvalue weighted by atomic mass is 10.0. The number of nitrogens with one attached hydrogen (secondary N) is 1. The summed E-state index contributed by atoms with van der Waals surface area (Å²) in [6.45, 7) is 5.06. The van der Waals surface area contributed by atoms with Crippen molar-refractivity contribution in [2.75, 3.05) is 0 Å². The molecule has 1 atom stereocenters. The molecule has 0 saturated carbocycles. The Kier molecular flexibility index (Phi) is 4.33. The van der Waals surface area contributed by atoms with Crippen LogP contribution in [0.1, 0.15) is 27.2 Å². The maximum absolute atomic E-state index is 10.5. The van der Waals surface area contributed by atoms with Crippen molar-refractivity contribution in [1.82, 2.24) is 5.32 Å². The standard InChI is InChI=1S/C8H14NO3/c1-5(2)4-7(8(11)12)9-6(3)10/h5,7H,4H2,1-3H3,(H,9,10)/t7-/m1/s1. The van der Waals surface area contributed by atoms with Crippen molar-refractivity contribution >= 4 is 11.9 Å². The molecule has 0 aromatic heterocycles. The van der Waals surface area contributed by atoms with Gasteiger partial charge < -0.3 is 5.32 Å². The maximum atomic E-state index is 10.5. The van der Waals surface area contributed by atoms with Gasteiger partial charge in [0, 0.05) is 6.92 Å². The molecular formula is C8H14NO3. The highest BCUT2D eigenvalue weighted by Crippen LogP contribution is 2.04. The van der Waals surface area contributed by atoms with E-state index in [1.807, 2.05) is 13.8 Å². The smallest absolute Gasteiger partial charge is 0.343 e. The Bertz CT molecular complexity index is 177. The van der Waals surface area contributed by atoms with E-state index in [9.17, 15) is 14.7 Å².